The van der Waals surface area contributed by atoms with Crippen molar-refractivity contribution in [2.45, 2.75) is 39.2 Å². The number of rotatable bonds is 5. The third-order valence-corrected chi connectivity index (χ3v) is 6.81. The van der Waals surface area contributed by atoms with Gasteiger partial charge in [0, 0.05) is 63.4 Å². The van der Waals surface area contributed by atoms with E-state index >= 15 is 0 Å². The van der Waals surface area contributed by atoms with Crippen LogP contribution in [-0.2, 0) is 11.3 Å². The number of nitro benzene ring substituents is 1. The van der Waals surface area contributed by atoms with Gasteiger partial charge in [0.25, 0.3) is 11.6 Å². The van der Waals surface area contributed by atoms with E-state index in [1.807, 2.05) is 30.0 Å². The van der Waals surface area contributed by atoms with Crippen LogP contribution in [0, 0.1) is 17.0 Å². The van der Waals surface area contributed by atoms with Gasteiger partial charge in [-0.2, -0.15) is 0 Å². The van der Waals surface area contributed by atoms with Gasteiger partial charge in [0.15, 0.2) is 0 Å². The first kappa shape index (κ1) is 23.8. The van der Waals surface area contributed by atoms with Crippen LogP contribution in [0.2, 0.25) is 0 Å². The molecule has 4 rings (SSSR count). The fourth-order valence-electron chi connectivity index (χ4n) is 4.85. The van der Waals surface area contributed by atoms with E-state index in [4.69, 9.17) is 4.98 Å². The van der Waals surface area contributed by atoms with Gasteiger partial charge in [-0.15, -0.1) is 0 Å². The van der Waals surface area contributed by atoms with Crippen LogP contribution in [0.5, 0.6) is 0 Å². The topological polar surface area (TPSA) is 99.9 Å². The van der Waals surface area contributed by atoms with E-state index in [2.05, 4.69) is 4.90 Å². The molecule has 0 unspecified atom stereocenters. The highest BCUT2D eigenvalue weighted by molar-refractivity contribution is 5.95. The maximum Gasteiger partial charge on any atom is 0.269 e. The summed E-state index contributed by atoms with van der Waals surface area (Å²) in [5.41, 5.74) is 3.48. The number of amides is 2. The molecule has 0 saturated carbocycles. The second kappa shape index (κ2) is 10.3. The number of hydrogen-bond acceptors (Lipinski definition) is 6. The van der Waals surface area contributed by atoms with Crippen molar-refractivity contribution in [3.63, 3.8) is 0 Å². The fraction of sp³-hybridized carbons (Fsp3) is 0.480. The third-order valence-electron chi connectivity index (χ3n) is 6.81. The Morgan fingerprint density at radius 1 is 1.03 bits per heavy atom. The molecule has 9 heteroatoms. The highest BCUT2D eigenvalue weighted by Crippen LogP contribution is 2.31. The molecule has 2 saturated heterocycles. The number of carbonyl (C=O) groups excluding carboxylic acids is 2. The van der Waals surface area contributed by atoms with Gasteiger partial charge < -0.3 is 9.80 Å². The first-order chi connectivity index (χ1) is 16.3. The molecule has 180 valence electrons. The summed E-state index contributed by atoms with van der Waals surface area (Å²) in [5.74, 6) is 0.227. The molecule has 0 radical (unpaired) electrons. The van der Waals surface area contributed by atoms with Gasteiger partial charge in [0.1, 0.15) is 0 Å². The minimum absolute atomic E-state index is 0.00951. The molecule has 1 aromatic heterocycles. The summed E-state index contributed by atoms with van der Waals surface area (Å²) in [7, 11) is 0. The second-order valence-electron chi connectivity index (χ2n) is 9.16. The first-order valence-corrected chi connectivity index (χ1v) is 11.8. The maximum absolute atomic E-state index is 13.4. The van der Waals surface area contributed by atoms with Crippen molar-refractivity contribution >= 4 is 17.5 Å². The number of aryl methyl sites for hydroxylation is 1. The van der Waals surface area contributed by atoms with Crippen molar-refractivity contribution in [1.82, 2.24) is 19.7 Å². The summed E-state index contributed by atoms with van der Waals surface area (Å²) in [5, 5.41) is 11.1. The lowest BCUT2D eigenvalue weighted by Gasteiger charge is -2.35. The van der Waals surface area contributed by atoms with Crippen LogP contribution in [-0.4, -0.2) is 75.7 Å². The summed E-state index contributed by atoms with van der Waals surface area (Å²) in [6, 6.07) is 10.6. The number of nitrogens with zero attached hydrogens (tertiary/aromatic N) is 5. The van der Waals surface area contributed by atoms with Crippen LogP contribution in [0.15, 0.2) is 36.4 Å². The van der Waals surface area contributed by atoms with E-state index in [9.17, 15) is 19.7 Å². The van der Waals surface area contributed by atoms with Gasteiger partial charge in [0.05, 0.1) is 16.2 Å². The van der Waals surface area contributed by atoms with Gasteiger partial charge in [-0.25, -0.2) is 0 Å². The minimum Gasteiger partial charge on any atom is -0.339 e. The van der Waals surface area contributed by atoms with E-state index < -0.39 is 0 Å². The SMILES string of the molecule is CC(=O)N1CCN(C(=O)c2ccc(C)nc2C2CCN(Cc3cccc([N+](=O)[O-])c3)CC2)CC1. The van der Waals surface area contributed by atoms with Crippen LogP contribution in [0.3, 0.4) is 0 Å². The number of non-ortho nitro benzene ring substituents is 1. The van der Waals surface area contributed by atoms with Crippen molar-refractivity contribution in [2.75, 3.05) is 39.3 Å². The average Bonchev–Trinajstić information content (AvgIpc) is 2.84. The Morgan fingerprint density at radius 2 is 1.71 bits per heavy atom. The second-order valence-corrected chi connectivity index (χ2v) is 9.16. The Labute approximate surface area is 199 Å². The third kappa shape index (κ3) is 5.41. The maximum atomic E-state index is 13.4. The monoisotopic (exact) mass is 465 g/mol. The van der Waals surface area contributed by atoms with Gasteiger partial charge in [-0.05, 0) is 50.6 Å². The van der Waals surface area contributed by atoms with Gasteiger partial charge >= 0.3 is 0 Å². The summed E-state index contributed by atoms with van der Waals surface area (Å²) in [4.78, 5) is 46.4. The Kier molecular flexibility index (Phi) is 7.21. The fourth-order valence-corrected chi connectivity index (χ4v) is 4.85. The van der Waals surface area contributed by atoms with Crippen molar-refractivity contribution in [3.05, 3.63) is 69.0 Å². The van der Waals surface area contributed by atoms with E-state index in [1.54, 1.807) is 24.0 Å². The molecule has 2 aromatic rings. The molecule has 0 N–H and O–H groups in total. The number of aromatic nitrogens is 1. The Balaban J connectivity index is 1.42. The summed E-state index contributed by atoms with van der Waals surface area (Å²) in [6.45, 7) is 8.05. The van der Waals surface area contributed by atoms with E-state index in [1.165, 1.54) is 6.07 Å². The molecule has 2 fully saturated rings. The molecular weight excluding hydrogens is 434 g/mol. The quantitative estimate of drug-likeness (QED) is 0.497. The predicted octanol–water partition coefficient (Wildman–Crippen LogP) is 2.98. The lowest BCUT2D eigenvalue weighted by molar-refractivity contribution is -0.384. The molecule has 34 heavy (non-hydrogen) atoms. The van der Waals surface area contributed by atoms with Crippen LogP contribution in [0.25, 0.3) is 0 Å². The average molecular weight is 466 g/mol. The number of carbonyl (C=O) groups is 2. The summed E-state index contributed by atoms with van der Waals surface area (Å²) in [6.07, 6.45) is 1.76. The molecule has 2 amide bonds. The van der Waals surface area contributed by atoms with Crippen LogP contribution >= 0.6 is 0 Å². The highest BCUT2D eigenvalue weighted by Gasteiger charge is 2.29. The Hall–Kier alpha value is -3.33. The van der Waals surface area contributed by atoms with Gasteiger partial charge in [-0.3, -0.25) is 29.6 Å². The highest BCUT2D eigenvalue weighted by atomic mass is 16.6. The largest absolute Gasteiger partial charge is 0.339 e. The molecule has 2 aliphatic heterocycles. The van der Waals surface area contributed by atoms with Crippen LogP contribution in [0.1, 0.15) is 53.0 Å². The lowest BCUT2D eigenvalue weighted by atomic mass is 9.89. The molecule has 9 nitrogen and oxygen atoms in total. The predicted molar refractivity (Wildman–Crippen MR) is 127 cm³/mol. The Morgan fingerprint density at radius 3 is 2.35 bits per heavy atom. The standard InChI is InChI=1S/C25H31N5O4/c1-18-6-7-23(25(32)29-14-12-28(13-15-29)19(2)31)24(26-18)21-8-10-27(11-9-21)17-20-4-3-5-22(16-20)30(33)34/h3-7,16,21H,8-15,17H2,1-2H3. The number of pyridine rings is 1. The molecule has 0 bridgehead atoms. The molecule has 1 aromatic carbocycles. The molecule has 0 aliphatic carbocycles. The molecule has 0 atom stereocenters. The number of nitro groups is 1. The normalized spacial score (nSPS) is 17.6. The smallest absolute Gasteiger partial charge is 0.269 e. The zero-order valence-corrected chi connectivity index (χ0v) is 19.8. The number of piperazine rings is 1. The summed E-state index contributed by atoms with van der Waals surface area (Å²) >= 11 is 0. The van der Waals surface area contributed by atoms with Gasteiger partial charge in [0.2, 0.25) is 5.91 Å². The molecule has 3 heterocycles. The van der Waals surface area contributed by atoms with Crippen LogP contribution < -0.4 is 0 Å². The molecule has 0 spiro atoms. The number of benzene rings is 1. The van der Waals surface area contributed by atoms with Crippen molar-refractivity contribution in [3.8, 4) is 0 Å². The molecular formula is C25H31N5O4. The van der Waals surface area contributed by atoms with Crippen molar-refractivity contribution in [2.24, 2.45) is 0 Å². The Bertz CT molecular complexity index is 1070. The van der Waals surface area contributed by atoms with E-state index in [0.717, 1.165) is 42.9 Å². The van der Waals surface area contributed by atoms with E-state index in [0.29, 0.717) is 38.3 Å². The number of piperidine rings is 1. The minimum atomic E-state index is -0.363. The zero-order chi connectivity index (χ0) is 24.2. The number of hydrogen-bond donors (Lipinski definition) is 0. The van der Waals surface area contributed by atoms with Crippen molar-refractivity contribution in [1.29, 1.82) is 0 Å². The lowest BCUT2D eigenvalue weighted by Crippen LogP contribution is -2.50. The van der Waals surface area contributed by atoms with Crippen LogP contribution in [0.4, 0.5) is 5.69 Å². The summed E-state index contributed by atoms with van der Waals surface area (Å²) < 4.78 is 0. The number of likely N-dealkylation sites (tertiary alicyclic amines) is 1. The molecule has 2 aliphatic rings. The van der Waals surface area contributed by atoms with Gasteiger partial charge in [-0.1, -0.05) is 12.1 Å². The van der Waals surface area contributed by atoms with Crippen molar-refractivity contribution < 1.29 is 14.5 Å². The van der Waals surface area contributed by atoms with E-state index in [-0.39, 0.29) is 28.3 Å². The zero-order valence-electron chi connectivity index (χ0n) is 19.8. The first-order valence-electron chi connectivity index (χ1n) is 11.8.